The van der Waals surface area contributed by atoms with Crippen molar-refractivity contribution in [1.82, 2.24) is 10.2 Å². The number of hydrogen-bond donors (Lipinski definition) is 1. The number of alkyl halides is 2. The maximum Gasteiger partial charge on any atom is 0.285 e. The molecule has 0 amide bonds. The second-order valence-corrected chi connectivity index (χ2v) is 5.58. The van der Waals surface area contributed by atoms with Crippen LogP contribution in [0.2, 0.25) is 0 Å². The van der Waals surface area contributed by atoms with E-state index in [4.69, 9.17) is 0 Å². The van der Waals surface area contributed by atoms with Gasteiger partial charge < -0.3 is 5.32 Å². The Balaban J connectivity index is 2.09. The van der Waals surface area contributed by atoms with Gasteiger partial charge in [-0.15, -0.1) is 0 Å². The zero-order chi connectivity index (χ0) is 14.6. The number of benzene rings is 1. The Bertz CT molecular complexity index is 408. The van der Waals surface area contributed by atoms with Gasteiger partial charge in [0.25, 0.3) is 5.92 Å². The Kier molecular flexibility index (Phi) is 5.11. The van der Waals surface area contributed by atoms with Crippen molar-refractivity contribution in [2.75, 3.05) is 19.6 Å². The van der Waals surface area contributed by atoms with Crippen molar-refractivity contribution in [3.8, 4) is 0 Å². The maximum absolute atomic E-state index is 14.4. The fourth-order valence-electron chi connectivity index (χ4n) is 2.83. The fourth-order valence-corrected chi connectivity index (χ4v) is 2.83. The zero-order valence-electron chi connectivity index (χ0n) is 12.3. The molecular weight excluding hydrogens is 258 g/mol. The summed E-state index contributed by atoms with van der Waals surface area (Å²) in [4.78, 5) is 1.96. The van der Waals surface area contributed by atoms with Gasteiger partial charge in [0, 0.05) is 30.7 Å². The maximum atomic E-state index is 14.4. The topological polar surface area (TPSA) is 15.3 Å². The van der Waals surface area contributed by atoms with Gasteiger partial charge in [-0.1, -0.05) is 44.2 Å². The first-order chi connectivity index (χ1) is 9.56. The standard InChI is InChI=1S/C16H24F2N2/c1-3-14-11-20(15(4-2)10-19-14)12-16(17,18)13-8-6-5-7-9-13/h5-9,14-15,19H,3-4,10-12H2,1-2H3. The molecule has 20 heavy (non-hydrogen) atoms. The Morgan fingerprint density at radius 3 is 2.50 bits per heavy atom. The highest BCUT2D eigenvalue weighted by Crippen LogP contribution is 2.30. The largest absolute Gasteiger partial charge is 0.311 e. The lowest BCUT2D eigenvalue weighted by atomic mass is 10.0. The van der Waals surface area contributed by atoms with Gasteiger partial charge in [0.2, 0.25) is 0 Å². The molecule has 1 aliphatic rings. The van der Waals surface area contributed by atoms with E-state index in [-0.39, 0.29) is 18.2 Å². The molecule has 2 nitrogen and oxygen atoms in total. The summed E-state index contributed by atoms with van der Waals surface area (Å²) < 4.78 is 28.8. The Morgan fingerprint density at radius 1 is 1.20 bits per heavy atom. The van der Waals surface area contributed by atoms with Gasteiger partial charge in [0.05, 0.1) is 6.54 Å². The van der Waals surface area contributed by atoms with Crippen LogP contribution < -0.4 is 5.32 Å². The summed E-state index contributed by atoms with van der Waals surface area (Å²) >= 11 is 0. The average molecular weight is 282 g/mol. The zero-order valence-corrected chi connectivity index (χ0v) is 12.3. The molecule has 1 fully saturated rings. The van der Waals surface area contributed by atoms with Crippen molar-refractivity contribution < 1.29 is 8.78 Å². The molecule has 1 aliphatic heterocycles. The number of halogens is 2. The molecular formula is C16H24F2N2. The van der Waals surface area contributed by atoms with Crippen LogP contribution in [-0.4, -0.2) is 36.6 Å². The third-order valence-corrected chi connectivity index (χ3v) is 4.18. The van der Waals surface area contributed by atoms with E-state index in [1.807, 2.05) is 4.90 Å². The van der Waals surface area contributed by atoms with Crippen molar-refractivity contribution in [1.29, 1.82) is 0 Å². The first-order valence-corrected chi connectivity index (χ1v) is 7.47. The lowest BCUT2D eigenvalue weighted by Crippen LogP contribution is -2.58. The molecule has 2 rings (SSSR count). The summed E-state index contributed by atoms with van der Waals surface area (Å²) in [5.74, 6) is -2.79. The van der Waals surface area contributed by atoms with E-state index in [0.29, 0.717) is 12.6 Å². The van der Waals surface area contributed by atoms with Crippen LogP contribution in [0.4, 0.5) is 8.78 Å². The molecule has 1 heterocycles. The lowest BCUT2D eigenvalue weighted by molar-refractivity contribution is -0.0567. The van der Waals surface area contributed by atoms with Crippen molar-refractivity contribution in [3.05, 3.63) is 35.9 Å². The molecule has 112 valence electrons. The minimum atomic E-state index is -2.79. The van der Waals surface area contributed by atoms with Gasteiger partial charge in [-0.25, -0.2) is 0 Å². The van der Waals surface area contributed by atoms with Crippen LogP contribution in [0.1, 0.15) is 32.3 Å². The third-order valence-electron chi connectivity index (χ3n) is 4.18. The smallest absolute Gasteiger partial charge is 0.285 e. The second-order valence-electron chi connectivity index (χ2n) is 5.58. The molecule has 1 aromatic carbocycles. The van der Waals surface area contributed by atoms with E-state index in [1.54, 1.807) is 18.2 Å². The van der Waals surface area contributed by atoms with Crippen LogP contribution >= 0.6 is 0 Å². The molecule has 2 unspecified atom stereocenters. The number of rotatable bonds is 5. The molecule has 0 spiro atoms. The minimum absolute atomic E-state index is 0.112. The average Bonchev–Trinajstić information content (AvgIpc) is 2.47. The van der Waals surface area contributed by atoms with Gasteiger partial charge >= 0.3 is 0 Å². The molecule has 1 saturated heterocycles. The number of piperazine rings is 1. The van der Waals surface area contributed by atoms with E-state index >= 15 is 0 Å². The van der Waals surface area contributed by atoms with Gasteiger partial charge in [-0.05, 0) is 12.8 Å². The molecule has 1 aromatic rings. The van der Waals surface area contributed by atoms with Gasteiger partial charge in [0.15, 0.2) is 0 Å². The quantitative estimate of drug-likeness (QED) is 0.892. The number of nitrogens with zero attached hydrogens (tertiary/aromatic N) is 1. The number of nitrogens with one attached hydrogen (secondary N) is 1. The molecule has 0 aliphatic carbocycles. The first kappa shape index (κ1) is 15.4. The normalized spacial score (nSPS) is 24.8. The third kappa shape index (κ3) is 3.55. The monoisotopic (exact) mass is 282 g/mol. The molecule has 0 saturated carbocycles. The fraction of sp³-hybridized carbons (Fsp3) is 0.625. The van der Waals surface area contributed by atoms with Crippen LogP contribution in [0, 0.1) is 0 Å². The second kappa shape index (κ2) is 6.64. The number of hydrogen-bond acceptors (Lipinski definition) is 2. The highest BCUT2D eigenvalue weighted by molar-refractivity contribution is 5.20. The molecule has 0 bridgehead atoms. The molecule has 4 heteroatoms. The molecule has 0 radical (unpaired) electrons. The van der Waals surface area contributed by atoms with E-state index in [9.17, 15) is 8.78 Å². The Hall–Kier alpha value is -1.00. The van der Waals surface area contributed by atoms with Crippen LogP contribution in [0.15, 0.2) is 30.3 Å². The summed E-state index contributed by atoms with van der Waals surface area (Å²) in [5, 5.41) is 3.44. The summed E-state index contributed by atoms with van der Waals surface area (Å²) in [5.41, 5.74) is 0.112. The van der Waals surface area contributed by atoms with Gasteiger partial charge in [-0.2, -0.15) is 8.78 Å². The summed E-state index contributed by atoms with van der Waals surface area (Å²) in [6, 6.07) is 8.67. The minimum Gasteiger partial charge on any atom is -0.311 e. The summed E-state index contributed by atoms with van der Waals surface area (Å²) in [7, 11) is 0. The Labute approximate surface area is 120 Å². The van der Waals surface area contributed by atoms with Crippen LogP contribution in [0.5, 0.6) is 0 Å². The van der Waals surface area contributed by atoms with E-state index in [1.165, 1.54) is 12.1 Å². The predicted molar refractivity (Wildman–Crippen MR) is 78.1 cm³/mol. The van der Waals surface area contributed by atoms with E-state index < -0.39 is 5.92 Å². The summed E-state index contributed by atoms with van der Waals surface area (Å²) in [6.07, 6.45) is 1.87. The Morgan fingerprint density at radius 2 is 1.90 bits per heavy atom. The van der Waals surface area contributed by atoms with Gasteiger partial charge in [-0.3, -0.25) is 4.90 Å². The van der Waals surface area contributed by atoms with Crippen LogP contribution in [-0.2, 0) is 5.92 Å². The van der Waals surface area contributed by atoms with Crippen molar-refractivity contribution in [2.45, 2.75) is 44.7 Å². The SMILES string of the molecule is CCC1CN(CC(F)(F)c2ccccc2)C(CC)CN1. The van der Waals surface area contributed by atoms with Crippen LogP contribution in [0.3, 0.4) is 0 Å². The van der Waals surface area contributed by atoms with E-state index in [0.717, 1.165) is 19.4 Å². The molecule has 1 N–H and O–H groups in total. The molecule has 2 atom stereocenters. The first-order valence-electron chi connectivity index (χ1n) is 7.47. The highest BCUT2D eigenvalue weighted by atomic mass is 19.3. The summed E-state index contributed by atoms with van der Waals surface area (Å²) in [6.45, 7) is 5.48. The van der Waals surface area contributed by atoms with Crippen LogP contribution in [0.25, 0.3) is 0 Å². The van der Waals surface area contributed by atoms with Gasteiger partial charge in [0.1, 0.15) is 0 Å². The van der Waals surface area contributed by atoms with Crippen molar-refractivity contribution >= 4 is 0 Å². The predicted octanol–water partition coefficient (Wildman–Crippen LogP) is 3.24. The lowest BCUT2D eigenvalue weighted by Gasteiger charge is -2.41. The van der Waals surface area contributed by atoms with E-state index in [2.05, 4.69) is 19.2 Å². The van der Waals surface area contributed by atoms with Crippen molar-refractivity contribution in [2.24, 2.45) is 0 Å². The highest BCUT2D eigenvalue weighted by Gasteiger charge is 2.37. The van der Waals surface area contributed by atoms with Crippen molar-refractivity contribution in [3.63, 3.8) is 0 Å². The molecule has 0 aromatic heterocycles.